The molecule has 1 aliphatic rings. The normalized spacial score (nSPS) is 14.1. The Kier molecular flexibility index (Phi) is 4.03. The Balaban J connectivity index is 1.41. The van der Waals surface area contributed by atoms with Gasteiger partial charge in [0.2, 0.25) is 5.95 Å². The maximum Gasteiger partial charge on any atom is 0.223 e. The number of anilines is 1. The molecule has 0 bridgehead atoms. The standard InChI is InChI=1S/C19H18ClN7O/c1-28-14-4-2-3-12-17(14)24-19(21)27-18(12)23-16(25-27)7-8-26-9-11-5-6-15(20)22-13(11)10-26/h2-6H,7-10H2,1H3,(H2,21,24). The third-order valence-corrected chi connectivity index (χ3v) is 5.22. The van der Waals surface area contributed by atoms with Gasteiger partial charge in [-0.05, 0) is 23.8 Å². The Labute approximate surface area is 165 Å². The lowest BCUT2D eigenvalue weighted by molar-refractivity contribution is 0.284. The minimum absolute atomic E-state index is 0.290. The number of methoxy groups -OCH3 is 1. The highest BCUT2D eigenvalue weighted by Gasteiger charge is 2.21. The fourth-order valence-corrected chi connectivity index (χ4v) is 3.81. The van der Waals surface area contributed by atoms with Crippen LogP contribution in [0.3, 0.4) is 0 Å². The van der Waals surface area contributed by atoms with Crippen LogP contribution in [0.2, 0.25) is 5.15 Å². The molecule has 0 fully saturated rings. The Morgan fingerprint density at radius 3 is 2.89 bits per heavy atom. The molecule has 8 nitrogen and oxygen atoms in total. The number of nitrogen functional groups attached to an aromatic ring is 1. The van der Waals surface area contributed by atoms with Crippen LogP contribution in [0.1, 0.15) is 17.1 Å². The molecule has 0 amide bonds. The third kappa shape index (κ3) is 2.81. The van der Waals surface area contributed by atoms with Gasteiger partial charge in [-0.15, -0.1) is 5.10 Å². The quantitative estimate of drug-likeness (QED) is 0.530. The van der Waals surface area contributed by atoms with Crippen molar-refractivity contribution in [1.82, 2.24) is 29.5 Å². The lowest BCUT2D eigenvalue weighted by Gasteiger charge is -2.12. The number of hydrogen-bond donors (Lipinski definition) is 1. The summed E-state index contributed by atoms with van der Waals surface area (Å²) in [5, 5.41) is 5.95. The van der Waals surface area contributed by atoms with Crippen molar-refractivity contribution in [3.63, 3.8) is 0 Å². The summed E-state index contributed by atoms with van der Waals surface area (Å²) >= 11 is 5.99. The molecule has 1 aromatic carbocycles. The van der Waals surface area contributed by atoms with Crippen molar-refractivity contribution in [3.8, 4) is 5.75 Å². The third-order valence-electron chi connectivity index (χ3n) is 5.01. The van der Waals surface area contributed by atoms with E-state index in [0.29, 0.717) is 28.5 Å². The summed E-state index contributed by atoms with van der Waals surface area (Å²) in [4.78, 5) is 15.9. The van der Waals surface area contributed by atoms with Gasteiger partial charge in [-0.25, -0.2) is 15.0 Å². The molecule has 0 aliphatic carbocycles. The smallest absolute Gasteiger partial charge is 0.223 e. The van der Waals surface area contributed by atoms with Gasteiger partial charge >= 0.3 is 0 Å². The van der Waals surface area contributed by atoms with Crippen molar-refractivity contribution < 1.29 is 4.74 Å². The summed E-state index contributed by atoms with van der Waals surface area (Å²) in [6.07, 6.45) is 0.703. The fourth-order valence-electron chi connectivity index (χ4n) is 3.65. The van der Waals surface area contributed by atoms with Gasteiger partial charge in [0, 0.05) is 31.4 Å². The van der Waals surface area contributed by atoms with Gasteiger partial charge < -0.3 is 10.5 Å². The van der Waals surface area contributed by atoms with Crippen LogP contribution in [-0.4, -0.2) is 43.1 Å². The van der Waals surface area contributed by atoms with Crippen LogP contribution in [-0.2, 0) is 19.5 Å². The lowest BCUT2D eigenvalue weighted by Crippen LogP contribution is -2.20. The van der Waals surface area contributed by atoms with E-state index in [1.54, 1.807) is 11.6 Å². The van der Waals surface area contributed by atoms with E-state index in [4.69, 9.17) is 27.1 Å². The van der Waals surface area contributed by atoms with Crippen LogP contribution in [0.4, 0.5) is 5.95 Å². The second-order valence-electron chi connectivity index (χ2n) is 6.79. The van der Waals surface area contributed by atoms with Crippen LogP contribution in [0.5, 0.6) is 5.75 Å². The Hall–Kier alpha value is -2.97. The molecule has 0 unspecified atom stereocenters. The number of nitrogens with two attached hydrogens (primary N) is 1. The molecule has 2 N–H and O–H groups in total. The van der Waals surface area contributed by atoms with E-state index in [-0.39, 0.29) is 5.95 Å². The lowest BCUT2D eigenvalue weighted by atomic mass is 10.2. The molecule has 0 atom stereocenters. The minimum atomic E-state index is 0.290. The van der Waals surface area contributed by atoms with E-state index in [1.165, 1.54) is 5.56 Å². The first kappa shape index (κ1) is 17.2. The predicted octanol–water partition coefficient (Wildman–Crippen LogP) is 2.48. The van der Waals surface area contributed by atoms with E-state index in [2.05, 4.69) is 20.0 Å². The molecule has 1 aliphatic heterocycles. The average Bonchev–Trinajstić information content (AvgIpc) is 3.30. The molecule has 3 aromatic heterocycles. The van der Waals surface area contributed by atoms with E-state index >= 15 is 0 Å². The van der Waals surface area contributed by atoms with Gasteiger partial charge in [0.25, 0.3) is 0 Å². The Morgan fingerprint density at radius 1 is 1.14 bits per heavy atom. The van der Waals surface area contributed by atoms with Crippen LogP contribution in [0.15, 0.2) is 30.3 Å². The van der Waals surface area contributed by atoms with E-state index in [1.807, 2.05) is 30.3 Å². The SMILES string of the molecule is COc1cccc2c1nc(N)n1nc(CCN3Cc4ccc(Cl)nc4C3)nc21. The van der Waals surface area contributed by atoms with Gasteiger partial charge in [-0.3, -0.25) is 4.90 Å². The number of rotatable bonds is 4. The van der Waals surface area contributed by atoms with Gasteiger partial charge in [-0.1, -0.05) is 23.7 Å². The highest BCUT2D eigenvalue weighted by molar-refractivity contribution is 6.29. The predicted molar refractivity (Wildman–Crippen MR) is 106 cm³/mol. The van der Waals surface area contributed by atoms with Crippen molar-refractivity contribution in [2.45, 2.75) is 19.5 Å². The topological polar surface area (TPSA) is 94.5 Å². The molecule has 4 aromatic rings. The Morgan fingerprint density at radius 2 is 2.04 bits per heavy atom. The summed E-state index contributed by atoms with van der Waals surface area (Å²) < 4.78 is 6.99. The van der Waals surface area contributed by atoms with Crippen molar-refractivity contribution >= 4 is 34.1 Å². The summed E-state index contributed by atoms with van der Waals surface area (Å²) in [6, 6.07) is 9.59. The zero-order chi connectivity index (χ0) is 19.3. The van der Waals surface area contributed by atoms with Gasteiger partial charge in [-0.2, -0.15) is 4.52 Å². The number of halogens is 1. The number of ether oxygens (including phenoxy) is 1. The van der Waals surface area contributed by atoms with Crippen molar-refractivity contribution in [2.75, 3.05) is 19.4 Å². The number of nitrogens with zero attached hydrogens (tertiary/aromatic N) is 6. The zero-order valence-corrected chi connectivity index (χ0v) is 16.0. The Bertz CT molecular complexity index is 1210. The van der Waals surface area contributed by atoms with Crippen molar-refractivity contribution in [2.24, 2.45) is 0 Å². The van der Waals surface area contributed by atoms with Crippen molar-refractivity contribution in [3.05, 3.63) is 52.6 Å². The zero-order valence-electron chi connectivity index (χ0n) is 15.3. The molecule has 28 heavy (non-hydrogen) atoms. The highest BCUT2D eigenvalue weighted by Crippen LogP contribution is 2.27. The molecule has 5 rings (SSSR count). The molecular weight excluding hydrogens is 378 g/mol. The molecule has 9 heteroatoms. The van der Waals surface area contributed by atoms with Gasteiger partial charge in [0.15, 0.2) is 11.5 Å². The first-order valence-corrected chi connectivity index (χ1v) is 9.34. The van der Waals surface area contributed by atoms with Crippen LogP contribution in [0, 0.1) is 0 Å². The van der Waals surface area contributed by atoms with E-state index < -0.39 is 0 Å². The minimum Gasteiger partial charge on any atom is -0.494 e. The number of hydrogen-bond acceptors (Lipinski definition) is 7. The highest BCUT2D eigenvalue weighted by atomic mass is 35.5. The van der Waals surface area contributed by atoms with E-state index in [0.717, 1.165) is 36.5 Å². The summed E-state index contributed by atoms with van der Waals surface area (Å²) in [5.74, 6) is 1.68. The van der Waals surface area contributed by atoms with Crippen molar-refractivity contribution in [1.29, 1.82) is 0 Å². The second kappa shape index (κ2) is 6.57. The average molecular weight is 396 g/mol. The number of para-hydroxylation sites is 1. The van der Waals surface area contributed by atoms with Crippen LogP contribution in [0.25, 0.3) is 16.6 Å². The molecule has 142 valence electrons. The molecule has 0 spiro atoms. The maximum absolute atomic E-state index is 6.11. The number of aromatic nitrogens is 5. The molecule has 4 heterocycles. The molecular formula is C19H18ClN7O. The summed E-state index contributed by atoms with van der Waals surface area (Å²) in [7, 11) is 1.61. The molecule has 0 saturated heterocycles. The number of benzene rings is 1. The summed E-state index contributed by atoms with van der Waals surface area (Å²) in [6.45, 7) is 2.46. The molecule has 0 saturated carbocycles. The largest absolute Gasteiger partial charge is 0.494 e. The van der Waals surface area contributed by atoms with E-state index in [9.17, 15) is 0 Å². The monoisotopic (exact) mass is 395 g/mol. The first-order valence-electron chi connectivity index (χ1n) is 8.97. The fraction of sp³-hybridized carbons (Fsp3) is 0.263. The van der Waals surface area contributed by atoms with Crippen LogP contribution < -0.4 is 10.5 Å². The second-order valence-corrected chi connectivity index (χ2v) is 7.18. The number of pyridine rings is 1. The first-order chi connectivity index (χ1) is 13.6. The summed E-state index contributed by atoms with van der Waals surface area (Å²) in [5.41, 5.74) is 9.75. The van der Waals surface area contributed by atoms with Crippen LogP contribution >= 0.6 is 11.6 Å². The van der Waals surface area contributed by atoms with Gasteiger partial charge in [0.1, 0.15) is 16.4 Å². The number of fused-ring (bicyclic) bond motifs is 4. The maximum atomic E-state index is 6.11. The van der Waals surface area contributed by atoms with Gasteiger partial charge in [0.05, 0.1) is 12.8 Å². The molecule has 0 radical (unpaired) electrons.